The number of fused-ring (bicyclic) bond motifs is 1. The molecular formula is C19H23N3O2S. The van der Waals surface area contributed by atoms with Crippen molar-refractivity contribution < 1.29 is 9.53 Å². The molecule has 3 heterocycles. The highest BCUT2D eigenvalue weighted by Crippen LogP contribution is 2.28. The molecule has 1 amide bonds. The molecule has 1 atom stereocenters. The summed E-state index contributed by atoms with van der Waals surface area (Å²) in [5.74, 6) is 1.11. The van der Waals surface area contributed by atoms with E-state index < -0.39 is 0 Å². The van der Waals surface area contributed by atoms with Crippen molar-refractivity contribution >= 4 is 17.2 Å². The maximum Gasteiger partial charge on any atom is 0.229 e. The molecule has 0 spiro atoms. The molecule has 1 aromatic carbocycles. The number of ether oxygens (including phenoxy) is 1. The topological polar surface area (TPSA) is 45.7 Å². The summed E-state index contributed by atoms with van der Waals surface area (Å²) in [6.45, 7) is 6.81. The van der Waals surface area contributed by atoms with E-state index in [2.05, 4.69) is 21.3 Å². The zero-order chi connectivity index (χ0) is 17.2. The van der Waals surface area contributed by atoms with Crippen molar-refractivity contribution in [2.45, 2.75) is 19.9 Å². The van der Waals surface area contributed by atoms with Gasteiger partial charge in [0.05, 0.1) is 16.6 Å². The van der Waals surface area contributed by atoms with E-state index in [1.54, 1.807) is 11.3 Å². The Morgan fingerprint density at radius 3 is 2.84 bits per heavy atom. The first-order chi connectivity index (χ1) is 12.2. The molecular weight excluding hydrogens is 334 g/mol. The van der Waals surface area contributed by atoms with Crippen molar-refractivity contribution in [1.82, 2.24) is 14.8 Å². The monoisotopic (exact) mass is 357 g/mol. The minimum atomic E-state index is -0.0531. The molecule has 0 unspecified atom stereocenters. The fourth-order valence-electron chi connectivity index (χ4n) is 3.58. The molecule has 2 aliphatic heterocycles. The van der Waals surface area contributed by atoms with Gasteiger partial charge in [-0.3, -0.25) is 9.69 Å². The van der Waals surface area contributed by atoms with E-state index in [1.807, 2.05) is 30.0 Å². The van der Waals surface area contributed by atoms with Crippen LogP contribution in [-0.2, 0) is 17.8 Å². The Kier molecular flexibility index (Phi) is 4.72. The molecule has 4 rings (SSSR count). The molecule has 1 aromatic heterocycles. The number of hydrogen-bond acceptors (Lipinski definition) is 5. The van der Waals surface area contributed by atoms with Crippen molar-refractivity contribution in [3.05, 3.63) is 45.9 Å². The third-order valence-electron chi connectivity index (χ3n) is 4.96. The number of amides is 1. The average molecular weight is 357 g/mol. The number of para-hydroxylation sites is 1. The number of aromatic nitrogens is 1. The predicted molar refractivity (Wildman–Crippen MR) is 97.8 cm³/mol. The highest BCUT2D eigenvalue weighted by Gasteiger charge is 2.31. The fourth-order valence-corrected chi connectivity index (χ4v) is 4.18. The third-order valence-corrected chi connectivity index (χ3v) is 5.79. The molecule has 6 heteroatoms. The van der Waals surface area contributed by atoms with Crippen LogP contribution in [0.25, 0.3) is 0 Å². The standard InChI is InChI=1S/C19H23N3O2S/c1-14-20-17(13-25-14)11-21-6-8-22(9-7-21)19(23)16-10-15-4-2-3-5-18(15)24-12-16/h2-5,13,16H,6-12H2,1H3/t16-/m1/s1. The summed E-state index contributed by atoms with van der Waals surface area (Å²) in [5, 5.41) is 3.24. The van der Waals surface area contributed by atoms with Crippen LogP contribution in [-0.4, -0.2) is 53.5 Å². The first-order valence-corrected chi connectivity index (χ1v) is 9.70. The van der Waals surface area contributed by atoms with Gasteiger partial charge in [-0.2, -0.15) is 0 Å². The number of rotatable bonds is 3. The zero-order valence-corrected chi connectivity index (χ0v) is 15.3. The van der Waals surface area contributed by atoms with Gasteiger partial charge in [0.1, 0.15) is 12.4 Å². The molecule has 0 radical (unpaired) electrons. The summed E-state index contributed by atoms with van der Waals surface area (Å²) in [5.41, 5.74) is 2.28. The lowest BCUT2D eigenvalue weighted by atomic mass is 9.95. The maximum absolute atomic E-state index is 12.8. The number of hydrogen-bond donors (Lipinski definition) is 0. The number of thiazole rings is 1. The Bertz CT molecular complexity index is 753. The summed E-state index contributed by atoms with van der Waals surface area (Å²) >= 11 is 1.70. The summed E-state index contributed by atoms with van der Waals surface area (Å²) in [7, 11) is 0. The van der Waals surface area contributed by atoms with E-state index in [1.165, 1.54) is 0 Å². The van der Waals surface area contributed by atoms with Crippen LogP contribution in [0.1, 0.15) is 16.3 Å². The van der Waals surface area contributed by atoms with Crippen molar-refractivity contribution in [2.75, 3.05) is 32.8 Å². The molecule has 0 saturated carbocycles. The van der Waals surface area contributed by atoms with Crippen LogP contribution in [0.4, 0.5) is 0 Å². The third kappa shape index (κ3) is 3.70. The van der Waals surface area contributed by atoms with Gasteiger partial charge in [0.25, 0.3) is 0 Å². The highest BCUT2D eigenvalue weighted by atomic mass is 32.1. The van der Waals surface area contributed by atoms with Crippen LogP contribution in [0, 0.1) is 12.8 Å². The number of piperazine rings is 1. The van der Waals surface area contributed by atoms with E-state index >= 15 is 0 Å². The van der Waals surface area contributed by atoms with Gasteiger partial charge in [-0.15, -0.1) is 11.3 Å². The fraction of sp³-hybridized carbons (Fsp3) is 0.474. The van der Waals surface area contributed by atoms with Crippen molar-refractivity contribution in [2.24, 2.45) is 5.92 Å². The molecule has 0 N–H and O–H groups in total. The van der Waals surface area contributed by atoms with Crippen LogP contribution in [0.5, 0.6) is 5.75 Å². The first kappa shape index (κ1) is 16.5. The van der Waals surface area contributed by atoms with Crippen LogP contribution >= 0.6 is 11.3 Å². The van der Waals surface area contributed by atoms with Gasteiger partial charge >= 0.3 is 0 Å². The van der Waals surface area contributed by atoms with Crippen molar-refractivity contribution in [3.8, 4) is 5.75 Å². The average Bonchev–Trinajstić information content (AvgIpc) is 3.06. The Balaban J connectivity index is 1.31. The molecule has 5 nitrogen and oxygen atoms in total. The normalized spacial score (nSPS) is 20.8. The molecule has 1 fully saturated rings. The number of nitrogens with zero attached hydrogens (tertiary/aromatic N) is 3. The molecule has 2 aliphatic rings. The Hall–Kier alpha value is -1.92. The number of aryl methyl sites for hydroxylation is 1. The van der Waals surface area contributed by atoms with Crippen LogP contribution < -0.4 is 4.74 Å². The van der Waals surface area contributed by atoms with E-state index in [-0.39, 0.29) is 11.8 Å². The second-order valence-electron chi connectivity index (χ2n) is 6.78. The number of carbonyl (C=O) groups excluding carboxylic acids is 1. The largest absolute Gasteiger partial charge is 0.492 e. The SMILES string of the molecule is Cc1nc(CN2CCN(C(=O)[C@H]3COc4ccccc4C3)CC2)cs1. The zero-order valence-electron chi connectivity index (χ0n) is 14.5. The lowest BCUT2D eigenvalue weighted by molar-refractivity contribution is -0.138. The van der Waals surface area contributed by atoms with E-state index in [9.17, 15) is 4.79 Å². The second kappa shape index (κ2) is 7.14. The van der Waals surface area contributed by atoms with E-state index in [0.717, 1.165) is 61.2 Å². The summed E-state index contributed by atoms with van der Waals surface area (Å²) < 4.78 is 5.79. The summed E-state index contributed by atoms with van der Waals surface area (Å²) in [4.78, 5) is 21.8. The van der Waals surface area contributed by atoms with E-state index in [0.29, 0.717) is 6.61 Å². The minimum Gasteiger partial charge on any atom is -0.492 e. The number of benzene rings is 1. The second-order valence-corrected chi connectivity index (χ2v) is 7.84. The van der Waals surface area contributed by atoms with Gasteiger partial charge in [-0.25, -0.2) is 4.98 Å². The maximum atomic E-state index is 12.8. The first-order valence-electron chi connectivity index (χ1n) is 8.82. The van der Waals surface area contributed by atoms with Gasteiger partial charge in [-0.1, -0.05) is 18.2 Å². The van der Waals surface area contributed by atoms with E-state index in [4.69, 9.17) is 4.74 Å². The van der Waals surface area contributed by atoms with Crippen LogP contribution in [0.2, 0.25) is 0 Å². The molecule has 0 aliphatic carbocycles. The predicted octanol–water partition coefficient (Wildman–Crippen LogP) is 2.35. The Morgan fingerprint density at radius 1 is 1.28 bits per heavy atom. The minimum absolute atomic E-state index is 0.0531. The number of carbonyl (C=O) groups is 1. The van der Waals surface area contributed by atoms with Crippen molar-refractivity contribution in [1.29, 1.82) is 0 Å². The molecule has 2 aromatic rings. The lowest BCUT2D eigenvalue weighted by Crippen LogP contribution is -2.51. The van der Waals surface area contributed by atoms with Gasteiger partial charge in [0, 0.05) is 38.1 Å². The van der Waals surface area contributed by atoms with Crippen molar-refractivity contribution in [3.63, 3.8) is 0 Å². The van der Waals surface area contributed by atoms with Crippen LogP contribution in [0.15, 0.2) is 29.6 Å². The van der Waals surface area contributed by atoms with Gasteiger partial charge in [0.2, 0.25) is 5.91 Å². The summed E-state index contributed by atoms with van der Waals surface area (Å²) in [6, 6.07) is 8.02. The van der Waals surface area contributed by atoms with Gasteiger partial charge < -0.3 is 9.64 Å². The quantitative estimate of drug-likeness (QED) is 0.846. The lowest BCUT2D eigenvalue weighted by Gasteiger charge is -2.37. The van der Waals surface area contributed by atoms with Gasteiger partial charge in [-0.05, 0) is 25.0 Å². The smallest absolute Gasteiger partial charge is 0.229 e. The molecule has 25 heavy (non-hydrogen) atoms. The molecule has 0 bridgehead atoms. The highest BCUT2D eigenvalue weighted by molar-refractivity contribution is 7.09. The van der Waals surface area contributed by atoms with Crippen LogP contribution in [0.3, 0.4) is 0 Å². The molecule has 1 saturated heterocycles. The Labute approximate surface area is 152 Å². The Morgan fingerprint density at radius 2 is 2.08 bits per heavy atom. The summed E-state index contributed by atoms with van der Waals surface area (Å²) in [6.07, 6.45) is 0.785. The van der Waals surface area contributed by atoms with Gasteiger partial charge in [0.15, 0.2) is 0 Å². The molecule has 132 valence electrons.